The van der Waals surface area contributed by atoms with E-state index in [0.717, 1.165) is 18.7 Å². The van der Waals surface area contributed by atoms with Crippen LogP contribution in [0.1, 0.15) is 40.8 Å². The molecule has 1 aliphatic heterocycles. The van der Waals surface area contributed by atoms with E-state index >= 15 is 0 Å². The van der Waals surface area contributed by atoms with E-state index in [-0.39, 0.29) is 11.8 Å². The lowest BCUT2D eigenvalue weighted by atomic mass is 9.96. The lowest BCUT2D eigenvalue weighted by Gasteiger charge is -2.30. The summed E-state index contributed by atoms with van der Waals surface area (Å²) < 4.78 is 7.05. The van der Waals surface area contributed by atoms with Crippen LogP contribution in [0.3, 0.4) is 0 Å². The number of carbonyl (C=O) groups is 1. The largest absolute Gasteiger partial charge is 0.339 e. The maximum atomic E-state index is 12.7. The lowest BCUT2D eigenvalue weighted by molar-refractivity contribution is 0.0704. The Hall–Kier alpha value is -3.03. The van der Waals surface area contributed by atoms with Gasteiger partial charge >= 0.3 is 0 Å². The molecular weight excluding hydrogens is 320 g/mol. The van der Waals surface area contributed by atoms with Crippen molar-refractivity contribution in [3.63, 3.8) is 0 Å². The molecule has 0 unspecified atom stereocenters. The van der Waals surface area contributed by atoms with Gasteiger partial charge in [0.15, 0.2) is 5.82 Å². The van der Waals surface area contributed by atoms with Gasteiger partial charge in [-0.15, -0.1) is 0 Å². The van der Waals surface area contributed by atoms with Gasteiger partial charge < -0.3 is 9.42 Å². The Balaban J connectivity index is 1.40. The first-order chi connectivity index (χ1) is 12.2. The van der Waals surface area contributed by atoms with Crippen LogP contribution in [-0.2, 0) is 0 Å². The molecule has 0 spiro atoms. The molecule has 0 radical (unpaired) electrons. The van der Waals surface area contributed by atoms with Gasteiger partial charge in [-0.3, -0.25) is 9.36 Å². The fraction of sp³-hybridized carbons (Fsp3) is 0.353. The maximum Gasteiger partial charge on any atom is 0.255 e. The number of carbonyl (C=O) groups excluding carboxylic acids is 1. The number of rotatable bonds is 3. The number of imidazole rings is 1. The van der Waals surface area contributed by atoms with E-state index in [9.17, 15) is 4.79 Å². The second-order valence-corrected chi connectivity index (χ2v) is 6.12. The molecule has 25 heavy (non-hydrogen) atoms. The summed E-state index contributed by atoms with van der Waals surface area (Å²) in [4.78, 5) is 27.2. The molecule has 1 aliphatic rings. The molecule has 0 aliphatic carbocycles. The van der Waals surface area contributed by atoms with Crippen LogP contribution in [0, 0.1) is 6.92 Å². The number of pyridine rings is 1. The van der Waals surface area contributed by atoms with Crippen molar-refractivity contribution in [3.05, 3.63) is 54.3 Å². The van der Waals surface area contributed by atoms with E-state index in [4.69, 9.17) is 4.52 Å². The first kappa shape index (κ1) is 15.5. The van der Waals surface area contributed by atoms with Crippen molar-refractivity contribution in [1.82, 2.24) is 29.6 Å². The van der Waals surface area contributed by atoms with Crippen LogP contribution >= 0.6 is 0 Å². The zero-order valence-electron chi connectivity index (χ0n) is 13.9. The number of likely N-dealkylation sites (tertiary alicyclic amines) is 1. The summed E-state index contributed by atoms with van der Waals surface area (Å²) in [7, 11) is 0. The van der Waals surface area contributed by atoms with Crippen molar-refractivity contribution in [2.75, 3.05) is 13.1 Å². The Morgan fingerprint density at radius 3 is 2.72 bits per heavy atom. The standard InChI is InChI=1S/C17H18N6O2/c1-12-20-16(25-21-12)13-4-7-22(8-5-13)17(24)14-2-3-15(19-10-14)23-9-6-18-11-23/h2-3,6,9-11,13H,4-5,7-8H2,1H3. The predicted octanol–water partition coefficient (Wildman–Crippen LogP) is 1.98. The average molecular weight is 338 g/mol. The molecule has 0 aromatic carbocycles. The highest BCUT2D eigenvalue weighted by atomic mass is 16.5. The third-order valence-electron chi connectivity index (χ3n) is 4.44. The number of hydrogen-bond donors (Lipinski definition) is 0. The molecule has 8 heteroatoms. The summed E-state index contributed by atoms with van der Waals surface area (Å²) in [6.45, 7) is 3.16. The van der Waals surface area contributed by atoms with Crippen molar-refractivity contribution in [2.45, 2.75) is 25.7 Å². The summed E-state index contributed by atoms with van der Waals surface area (Å²) in [6.07, 6.45) is 8.45. The van der Waals surface area contributed by atoms with Gasteiger partial charge in [-0.2, -0.15) is 4.98 Å². The molecule has 0 atom stereocenters. The minimum atomic E-state index is 0.00448. The van der Waals surface area contributed by atoms with E-state index in [2.05, 4.69) is 20.1 Å². The molecule has 1 amide bonds. The van der Waals surface area contributed by atoms with Crippen LogP contribution in [0.4, 0.5) is 0 Å². The Morgan fingerprint density at radius 1 is 1.28 bits per heavy atom. The van der Waals surface area contributed by atoms with E-state index < -0.39 is 0 Å². The van der Waals surface area contributed by atoms with Gasteiger partial charge in [0.05, 0.1) is 5.56 Å². The Kier molecular flexibility index (Phi) is 4.01. The number of aromatic nitrogens is 5. The first-order valence-electron chi connectivity index (χ1n) is 8.24. The molecule has 1 fully saturated rings. The lowest BCUT2D eigenvalue weighted by Crippen LogP contribution is -2.38. The minimum Gasteiger partial charge on any atom is -0.339 e. The van der Waals surface area contributed by atoms with Crippen molar-refractivity contribution >= 4 is 5.91 Å². The van der Waals surface area contributed by atoms with E-state index in [0.29, 0.717) is 30.4 Å². The Bertz CT molecular complexity index is 848. The number of nitrogens with zero attached hydrogens (tertiary/aromatic N) is 6. The molecule has 3 aromatic heterocycles. The average Bonchev–Trinajstić information content (AvgIpc) is 3.33. The topological polar surface area (TPSA) is 89.9 Å². The quantitative estimate of drug-likeness (QED) is 0.725. The van der Waals surface area contributed by atoms with Crippen molar-refractivity contribution in [3.8, 4) is 5.82 Å². The molecule has 4 heterocycles. The maximum absolute atomic E-state index is 12.7. The Morgan fingerprint density at radius 2 is 2.12 bits per heavy atom. The van der Waals surface area contributed by atoms with Crippen LogP contribution in [0.5, 0.6) is 0 Å². The second-order valence-electron chi connectivity index (χ2n) is 6.12. The van der Waals surface area contributed by atoms with Gasteiger partial charge in [-0.1, -0.05) is 5.16 Å². The summed E-state index contributed by atoms with van der Waals surface area (Å²) in [6, 6.07) is 3.63. The number of aryl methyl sites for hydroxylation is 1. The molecule has 1 saturated heterocycles. The smallest absolute Gasteiger partial charge is 0.255 e. The zero-order valence-corrected chi connectivity index (χ0v) is 13.9. The van der Waals surface area contributed by atoms with E-state index in [1.807, 2.05) is 24.1 Å². The van der Waals surface area contributed by atoms with Gasteiger partial charge in [0, 0.05) is 37.6 Å². The molecular formula is C17H18N6O2. The fourth-order valence-electron chi connectivity index (χ4n) is 3.05. The van der Waals surface area contributed by atoms with Crippen molar-refractivity contribution in [2.24, 2.45) is 0 Å². The van der Waals surface area contributed by atoms with Gasteiger partial charge in [0.2, 0.25) is 5.89 Å². The molecule has 4 rings (SSSR count). The molecule has 0 bridgehead atoms. The molecule has 128 valence electrons. The van der Waals surface area contributed by atoms with Crippen molar-refractivity contribution in [1.29, 1.82) is 0 Å². The normalized spacial score (nSPS) is 15.5. The zero-order chi connectivity index (χ0) is 17.2. The van der Waals surface area contributed by atoms with Crippen LogP contribution in [0.2, 0.25) is 0 Å². The number of piperidine rings is 1. The summed E-state index contributed by atoms with van der Waals surface area (Å²) in [5, 5.41) is 3.84. The van der Waals surface area contributed by atoms with Gasteiger partial charge in [-0.25, -0.2) is 9.97 Å². The van der Waals surface area contributed by atoms with E-state index in [1.54, 1.807) is 29.4 Å². The highest BCUT2D eigenvalue weighted by Crippen LogP contribution is 2.27. The first-order valence-corrected chi connectivity index (χ1v) is 8.24. The summed E-state index contributed by atoms with van der Waals surface area (Å²) >= 11 is 0. The number of hydrogen-bond acceptors (Lipinski definition) is 6. The Labute approximate surface area is 144 Å². The predicted molar refractivity (Wildman–Crippen MR) is 88.3 cm³/mol. The molecule has 3 aromatic rings. The molecule has 0 N–H and O–H groups in total. The third-order valence-corrected chi connectivity index (χ3v) is 4.44. The monoisotopic (exact) mass is 338 g/mol. The summed E-state index contributed by atoms with van der Waals surface area (Å²) in [5.74, 6) is 2.30. The highest BCUT2D eigenvalue weighted by Gasteiger charge is 2.27. The highest BCUT2D eigenvalue weighted by molar-refractivity contribution is 5.94. The van der Waals surface area contributed by atoms with Gasteiger partial charge in [0.25, 0.3) is 5.91 Å². The van der Waals surface area contributed by atoms with Gasteiger partial charge in [-0.05, 0) is 31.9 Å². The molecule has 8 nitrogen and oxygen atoms in total. The minimum absolute atomic E-state index is 0.00448. The van der Waals surface area contributed by atoms with Gasteiger partial charge in [0.1, 0.15) is 12.1 Å². The number of amides is 1. The van der Waals surface area contributed by atoms with Crippen LogP contribution in [0.25, 0.3) is 5.82 Å². The van der Waals surface area contributed by atoms with E-state index in [1.165, 1.54) is 0 Å². The van der Waals surface area contributed by atoms with Crippen molar-refractivity contribution < 1.29 is 9.32 Å². The summed E-state index contributed by atoms with van der Waals surface area (Å²) in [5.41, 5.74) is 0.593. The van der Waals surface area contributed by atoms with Crippen LogP contribution in [0.15, 0.2) is 41.6 Å². The second kappa shape index (κ2) is 6.46. The fourth-order valence-corrected chi connectivity index (χ4v) is 3.05. The SMILES string of the molecule is Cc1noc(C2CCN(C(=O)c3ccc(-n4ccnc4)nc3)CC2)n1. The van der Waals surface area contributed by atoms with Crippen LogP contribution < -0.4 is 0 Å². The molecule has 0 saturated carbocycles. The van der Waals surface area contributed by atoms with Crippen LogP contribution in [-0.4, -0.2) is 48.6 Å². The third kappa shape index (κ3) is 3.15.